The first-order valence-corrected chi connectivity index (χ1v) is 8.11. The Morgan fingerprint density at radius 1 is 1.32 bits per heavy atom. The molecule has 0 radical (unpaired) electrons. The van der Waals surface area contributed by atoms with Crippen LogP contribution >= 0.6 is 0 Å². The minimum absolute atomic E-state index is 0.00347. The van der Waals surface area contributed by atoms with Crippen LogP contribution in [-0.2, 0) is 16.1 Å². The Labute approximate surface area is 132 Å². The van der Waals surface area contributed by atoms with Crippen LogP contribution in [0.5, 0.6) is 0 Å². The minimum atomic E-state index is -0.138. The van der Waals surface area contributed by atoms with E-state index >= 15 is 0 Å². The van der Waals surface area contributed by atoms with Crippen LogP contribution < -0.4 is 5.32 Å². The third-order valence-electron chi connectivity index (χ3n) is 4.22. The summed E-state index contributed by atoms with van der Waals surface area (Å²) in [4.78, 5) is 26.1. The van der Waals surface area contributed by atoms with Crippen molar-refractivity contribution < 1.29 is 9.59 Å². The predicted molar refractivity (Wildman–Crippen MR) is 87.2 cm³/mol. The molecular formula is C18H26N2O2. The molecule has 1 aliphatic rings. The average Bonchev–Trinajstić information content (AvgIpc) is 3.30. The third-order valence-corrected chi connectivity index (χ3v) is 4.22. The fourth-order valence-electron chi connectivity index (χ4n) is 2.69. The second-order valence-electron chi connectivity index (χ2n) is 6.27. The second-order valence-corrected chi connectivity index (χ2v) is 6.27. The molecule has 2 amide bonds. The molecule has 2 unspecified atom stereocenters. The fraction of sp³-hybridized carbons (Fsp3) is 0.556. The number of rotatable bonds is 7. The highest BCUT2D eigenvalue weighted by Gasteiger charge is 2.48. The van der Waals surface area contributed by atoms with Crippen LogP contribution in [0.3, 0.4) is 0 Å². The van der Waals surface area contributed by atoms with Crippen molar-refractivity contribution in [1.82, 2.24) is 10.2 Å². The number of aryl methyl sites for hydroxylation is 1. The van der Waals surface area contributed by atoms with E-state index in [1.54, 1.807) is 4.90 Å². The Morgan fingerprint density at radius 2 is 2.09 bits per heavy atom. The molecule has 1 fully saturated rings. The van der Waals surface area contributed by atoms with Gasteiger partial charge >= 0.3 is 0 Å². The highest BCUT2D eigenvalue weighted by molar-refractivity contribution is 5.92. The lowest BCUT2D eigenvalue weighted by Gasteiger charge is -2.16. The van der Waals surface area contributed by atoms with Gasteiger partial charge in [-0.05, 0) is 25.3 Å². The number of carbonyl (C=O) groups is 2. The third kappa shape index (κ3) is 4.33. The Morgan fingerprint density at radius 3 is 2.77 bits per heavy atom. The molecule has 1 aromatic rings. The van der Waals surface area contributed by atoms with Crippen LogP contribution in [0.1, 0.15) is 37.3 Å². The molecule has 0 saturated heterocycles. The lowest BCUT2D eigenvalue weighted by Crippen LogP contribution is -2.32. The van der Waals surface area contributed by atoms with Gasteiger partial charge in [-0.3, -0.25) is 9.59 Å². The molecule has 2 rings (SSSR count). The lowest BCUT2D eigenvalue weighted by atomic mass is 10.1. The van der Waals surface area contributed by atoms with Gasteiger partial charge in [-0.1, -0.05) is 43.2 Å². The average molecular weight is 302 g/mol. The molecule has 0 aliphatic heterocycles. The summed E-state index contributed by atoms with van der Waals surface area (Å²) in [6, 6.07) is 8.09. The first-order valence-electron chi connectivity index (χ1n) is 8.11. The molecule has 0 bridgehead atoms. The summed E-state index contributed by atoms with van der Waals surface area (Å²) in [5, 5.41) is 2.95. The molecule has 22 heavy (non-hydrogen) atoms. The van der Waals surface area contributed by atoms with Gasteiger partial charge in [0, 0.05) is 20.1 Å². The monoisotopic (exact) mass is 302 g/mol. The van der Waals surface area contributed by atoms with Gasteiger partial charge in [0.1, 0.15) is 0 Å². The van der Waals surface area contributed by atoms with E-state index in [9.17, 15) is 9.59 Å². The van der Waals surface area contributed by atoms with Gasteiger partial charge < -0.3 is 10.2 Å². The summed E-state index contributed by atoms with van der Waals surface area (Å²) < 4.78 is 0. The SMILES string of the molecule is CCCCN(C)C(=O)C1CC1C(=O)NCc1cccc(C)c1. The first kappa shape index (κ1) is 16.5. The van der Waals surface area contributed by atoms with E-state index in [2.05, 4.69) is 18.3 Å². The lowest BCUT2D eigenvalue weighted by molar-refractivity contribution is -0.133. The molecule has 1 aliphatic carbocycles. The fourth-order valence-corrected chi connectivity index (χ4v) is 2.69. The summed E-state index contributed by atoms with van der Waals surface area (Å²) >= 11 is 0. The van der Waals surface area contributed by atoms with E-state index in [1.165, 1.54) is 5.56 Å². The maximum Gasteiger partial charge on any atom is 0.226 e. The van der Waals surface area contributed by atoms with Gasteiger partial charge in [0.05, 0.1) is 11.8 Å². The Hall–Kier alpha value is -1.84. The standard InChI is InChI=1S/C18H26N2O2/c1-4-5-9-20(3)18(22)16-11-15(16)17(21)19-12-14-8-6-7-13(2)10-14/h6-8,10,15-16H,4-5,9,11-12H2,1-3H3,(H,19,21). The molecule has 4 heteroatoms. The maximum atomic E-state index is 12.2. The number of nitrogens with zero attached hydrogens (tertiary/aromatic N) is 1. The van der Waals surface area contributed by atoms with Crippen molar-refractivity contribution in [2.24, 2.45) is 11.8 Å². The molecule has 1 N–H and O–H groups in total. The van der Waals surface area contributed by atoms with E-state index in [-0.39, 0.29) is 23.7 Å². The maximum absolute atomic E-state index is 12.2. The number of benzene rings is 1. The highest BCUT2D eigenvalue weighted by atomic mass is 16.2. The summed E-state index contributed by atoms with van der Waals surface area (Å²) in [6.45, 7) is 5.46. The van der Waals surface area contributed by atoms with Crippen molar-refractivity contribution in [2.75, 3.05) is 13.6 Å². The van der Waals surface area contributed by atoms with Crippen LogP contribution in [0.15, 0.2) is 24.3 Å². The van der Waals surface area contributed by atoms with Crippen molar-refractivity contribution >= 4 is 11.8 Å². The van der Waals surface area contributed by atoms with Gasteiger partial charge in [-0.25, -0.2) is 0 Å². The zero-order chi connectivity index (χ0) is 16.1. The van der Waals surface area contributed by atoms with Crippen LogP contribution in [0.25, 0.3) is 0 Å². The van der Waals surface area contributed by atoms with E-state index in [0.717, 1.165) is 24.9 Å². The number of amides is 2. The molecule has 1 saturated carbocycles. The van der Waals surface area contributed by atoms with Crippen LogP contribution in [0.4, 0.5) is 0 Å². The molecule has 120 valence electrons. The van der Waals surface area contributed by atoms with E-state index < -0.39 is 0 Å². The molecule has 0 spiro atoms. The number of hydrogen-bond acceptors (Lipinski definition) is 2. The number of hydrogen-bond donors (Lipinski definition) is 1. The summed E-state index contributed by atoms with van der Waals surface area (Å²) in [6.07, 6.45) is 2.77. The minimum Gasteiger partial charge on any atom is -0.352 e. The Kier molecular flexibility index (Phi) is 5.58. The molecule has 4 nitrogen and oxygen atoms in total. The van der Waals surface area contributed by atoms with Gasteiger partial charge in [-0.2, -0.15) is 0 Å². The molecular weight excluding hydrogens is 276 g/mol. The van der Waals surface area contributed by atoms with Crippen molar-refractivity contribution in [1.29, 1.82) is 0 Å². The van der Waals surface area contributed by atoms with E-state index in [4.69, 9.17) is 0 Å². The highest BCUT2D eigenvalue weighted by Crippen LogP contribution is 2.40. The molecule has 1 aromatic carbocycles. The summed E-state index contributed by atoms with van der Waals surface area (Å²) in [7, 11) is 1.83. The second kappa shape index (κ2) is 7.43. The quantitative estimate of drug-likeness (QED) is 0.841. The van der Waals surface area contributed by atoms with Crippen LogP contribution in [-0.4, -0.2) is 30.3 Å². The largest absolute Gasteiger partial charge is 0.352 e. The normalized spacial score (nSPS) is 19.6. The number of unbranched alkanes of at least 4 members (excludes halogenated alkanes) is 1. The molecule has 0 heterocycles. The van der Waals surface area contributed by atoms with Crippen molar-refractivity contribution in [3.8, 4) is 0 Å². The van der Waals surface area contributed by atoms with E-state index in [0.29, 0.717) is 13.0 Å². The molecule has 2 atom stereocenters. The van der Waals surface area contributed by atoms with Crippen molar-refractivity contribution in [3.05, 3.63) is 35.4 Å². The summed E-state index contributed by atoms with van der Waals surface area (Å²) in [5.74, 6) is -0.131. The number of carbonyl (C=O) groups excluding carboxylic acids is 2. The van der Waals surface area contributed by atoms with Crippen molar-refractivity contribution in [2.45, 2.75) is 39.7 Å². The van der Waals surface area contributed by atoms with Gasteiger partial charge in [0.2, 0.25) is 11.8 Å². The Bertz CT molecular complexity index is 542. The van der Waals surface area contributed by atoms with E-state index in [1.807, 2.05) is 32.2 Å². The number of nitrogens with one attached hydrogen (secondary N) is 1. The first-order chi connectivity index (χ1) is 10.5. The smallest absolute Gasteiger partial charge is 0.226 e. The van der Waals surface area contributed by atoms with Crippen LogP contribution in [0, 0.1) is 18.8 Å². The van der Waals surface area contributed by atoms with Gasteiger partial charge in [0.15, 0.2) is 0 Å². The zero-order valence-corrected chi connectivity index (χ0v) is 13.8. The Balaban J connectivity index is 1.77. The molecule has 0 aromatic heterocycles. The van der Waals surface area contributed by atoms with Crippen molar-refractivity contribution in [3.63, 3.8) is 0 Å². The topological polar surface area (TPSA) is 49.4 Å². The predicted octanol–water partition coefficient (Wildman–Crippen LogP) is 2.51. The van der Waals surface area contributed by atoms with Gasteiger partial charge in [0.25, 0.3) is 0 Å². The van der Waals surface area contributed by atoms with Gasteiger partial charge in [-0.15, -0.1) is 0 Å². The zero-order valence-electron chi connectivity index (χ0n) is 13.8. The van der Waals surface area contributed by atoms with Crippen LogP contribution in [0.2, 0.25) is 0 Å². The summed E-state index contributed by atoms with van der Waals surface area (Å²) in [5.41, 5.74) is 2.28.